The largest absolute Gasteiger partial charge is 0.486 e. The smallest absolute Gasteiger partial charge is 0.325 e. The number of amides is 4. The molecule has 26 heavy (non-hydrogen) atoms. The normalized spacial score (nSPS) is 23.2. The maximum atomic E-state index is 12.5. The summed E-state index contributed by atoms with van der Waals surface area (Å²) >= 11 is 0. The zero-order chi connectivity index (χ0) is 18.1. The molecule has 1 aliphatic carbocycles. The van der Waals surface area contributed by atoms with Gasteiger partial charge in [-0.3, -0.25) is 14.5 Å². The molecule has 0 bridgehead atoms. The van der Waals surface area contributed by atoms with Gasteiger partial charge in [-0.1, -0.05) is 25.0 Å². The number of para-hydroxylation sites is 2. The SMILES string of the molecule is O=C(CN1C(=O)NC2(CCCC2)C1=O)NCC1COc2ccccc2O1. The van der Waals surface area contributed by atoms with Gasteiger partial charge in [0.2, 0.25) is 5.91 Å². The molecule has 1 saturated heterocycles. The molecule has 1 saturated carbocycles. The van der Waals surface area contributed by atoms with Crippen molar-refractivity contribution >= 4 is 17.8 Å². The number of rotatable bonds is 4. The summed E-state index contributed by atoms with van der Waals surface area (Å²) < 4.78 is 11.4. The molecule has 138 valence electrons. The number of nitrogens with one attached hydrogen (secondary N) is 2. The van der Waals surface area contributed by atoms with Crippen molar-refractivity contribution in [2.45, 2.75) is 37.3 Å². The lowest BCUT2D eigenvalue weighted by molar-refractivity contribution is -0.135. The van der Waals surface area contributed by atoms with Crippen LogP contribution in [0.25, 0.3) is 0 Å². The fourth-order valence-electron chi connectivity index (χ4n) is 3.73. The van der Waals surface area contributed by atoms with E-state index in [1.54, 1.807) is 6.07 Å². The predicted octanol–water partition coefficient (Wildman–Crippen LogP) is 0.807. The molecule has 4 amide bonds. The Balaban J connectivity index is 1.30. The van der Waals surface area contributed by atoms with Gasteiger partial charge >= 0.3 is 6.03 Å². The Kier molecular flexibility index (Phi) is 4.18. The van der Waals surface area contributed by atoms with E-state index in [2.05, 4.69) is 10.6 Å². The third kappa shape index (κ3) is 2.95. The fraction of sp³-hybridized carbons (Fsp3) is 0.500. The average Bonchev–Trinajstić information content (AvgIpc) is 3.21. The first kappa shape index (κ1) is 16.7. The first-order valence-corrected chi connectivity index (χ1v) is 8.87. The van der Waals surface area contributed by atoms with Crippen LogP contribution in [0, 0.1) is 0 Å². The number of hydrogen-bond acceptors (Lipinski definition) is 5. The van der Waals surface area contributed by atoms with Crippen LogP contribution in [0.15, 0.2) is 24.3 Å². The number of carbonyl (C=O) groups is 3. The van der Waals surface area contributed by atoms with Crippen LogP contribution < -0.4 is 20.1 Å². The quantitative estimate of drug-likeness (QED) is 0.776. The van der Waals surface area contributed by atoms with Gasteiger partial charge in [0.1, 0.15) is 24.8 Å². The number of carbonyl (C=O) groups excluding carboxylic acids is 3. The fourth-order valence-corrected chi connectivity index (χ4v) is 3.73. The standard InChI is InChI=1S/C18H21N3O5/c22-15(10-21-16(23)18(20-17(21)24)7-3-4-8-18)19-9-12-11-25-13-5-1-2-6-14(13)26-12/h1-2,5-6,12H,3-4,7-11H2,(H,19,22)(H,20,24). The Morgan fingerprint density at radius 2 is 1.96 bits per heavy atom. The molecule has 1 spiro atoms. The zero-order valence-corrected chi connectivity index (χ0v) is 14.3. The summed E-state index contributed by atoms with van der Waals surface area (Å²) in [4.78, 5) is 37.8. The molecule has 2 fully saturated rings. The number of imide groups is 1. The van der Waals surface area contributed by atoms with Crippen molar-refractivity contribution in [3.8, 4) is 11.5 Å². The van der Waals surface area contributed by atoms with Crippen LogP contribution in [0.4, 0.5) is 4.79 Å². The van der Waals surface area contributed by atoms with E-state index in [0.29, 0.717) is 30.9 Å². The average molecular weight is 359 g/mol. The lowest BCUT2D eigenvalue weighted by atomic mass is 9.98. The minimum atomic E-state index is -0.790. The maximum absolute atomic E-state index is 12.5. The van der Waals surface area contributed by atoms with E-state index in [-0.39, 0.29) is 25.1 Å². The highest BCUT2D eigenvalue weighted by Gasteiger charge is 2.52. The topological polar surface area (TPSA) is 97.0 Å². The summed E-state index contributed by atoms with van der Waals surface area (Å²) in [6, 6.07) is 6.84. The summed E-state index contributed by atoms with van der Waals surface area (Å²) in [6.07, 6.45) is 2.78. The van der Waals surface area contributed by atoms with Crippen LogP contribution in [-0.4, -0.2) is 54.1 Å². The minimum absolute atomic E-state index is 0.238. The third-order valence-electron chi connectivity index (χ3n) is 5.10. The Bertz CT molecular complexity index is 744. The molecular formula is C18H21N3O5. The van der Waals surface area contributed by atoms with Gasteiger partial charge in [0.25, 0.3) is 5.91 Å². The van der Waals surface area contributed by atoms with Crippen molar-refractivity contribution in [3.63, 3.8) is 0 Å². The van der Waals surface area contributed by atoms with E-state index < -0.39 is 17.5 Å². The van der Waals surface area contributed by atoms with Crippen molar-refractivity contribution in [1.82, 2.24) is 15.5 Å². The van der Waals surface area contributed by atoms with Gasteiger partial charge in [-0.05, 0) is 25.0 Å². The first-order valence-electron chi connectivity index (χ1n) is 8.87. The van der Waals surface area contributed by atoms with Crippen molar-refractivity contribution in [2.75, 3.05) is 19.7 Å². The summed E-state index contributed by atoms with van der Waals surface area (Å²) in [6.45, 7) is 0.280. The van der Waals surface area contributed by atoms with Gasteiger partial charge in [-0.25, -0.2) is 4.79 Å². The van der Waals surface area contributed by atoms with E-state index in [4.69, 9.17) is 9.47 Å². The second kappa shape index (κ2) is 6.51. The Morgan fingerprint density at radius 3 is 2.73 bits per heavy atom. The molecule has 0 radical (unpaired) electrons. The summed E-state index contributed by atoms with van der Waals surface area (Å²) in [5.41, 5.74) is -0.790. The van der Waals surface area contributed by atoms with Crippen molar-refractivity contribution in [3.05, 3.63) is 24.3 Å². The van der Waals surface area contributed by atoms with Gasteiger partial charge < -0.3 is 20.1 Å². The van der Waals surface area contributed by atoms with Gasteiger partial charge in [-0.2, -0.15) is 0 Å². The molecular weight excluding hydrogens is 338 g/mol. The Morgan fingerprint density at radius 1 is 1.23 bits per heavy atom. The molecule has 3 aliphatic rings. The second-order valence-electron chi connectivity index (χ2n) is 6.91. The summed E-state index contributed by atoms with van der Waals surface area (Å²) in [5, 5.41) is 5.48. The third-order valence-corrected chi connectivity index (χ3v) is 5.10. The molecule has 0 aromatic heterocycles. The lowest BCUT2D eigenvalue weighted by Crippen LogP contribution is -2.47. The van der Waals surface area contributed by atoms with E-state index in [9.17, 15) is 14.4 Å². The molecule has 2 aliphatic heterocycles. The van der Waals surface area contributed by atoms with Crippen molar-refractivity contribution in [2.24, 2.45) is 0 Å². The van der Waals surface area contributed by atoms with Gasteiger partial charge in [-0.15, -0.1) is 0 Å². The van der Waals surface area contributed by atoms with Crippen molar-refractivity contribution < 1.29 is 23.9 Å². The maximum Gasteiger partial charge on any atom is 0.325 e. The van der Waals surface area contributed by atoms with Crippen LogP contribution >= 0.6 is 0 Å². The molecule has 2 heterocycles. The van der Waals surface area contributed by atoms with Gasteiger partial charge in [0.15, 0.2) is 11.5 Å². The highest BCUT2D eigenvalue weighted by molar-refractivity contribution is 6.09. The van der Waals surface area contributed by atoms with Crippen LogP contribution in [0.1, 0.15) is 25.7 Å². The molecule has 4 rings (SSSR count). The molecule has 1 atom stereocenters. The second-order valence-corrected chi connectivity index (χ2v) is 6.91. The number of ether oxygens (including phenoxy) is 2. The number of fused-ring (bicyclic) bond motifs is 1. The van der Waals surface area contributed by atoms with Crippen LogP contribution in [0.3, 0.4) is 0 Å². The number of hydrogen-bond donors (Lipinski definition) is 2. The Hall–Kier alpha value is -2.77. The zero-order valence-electron chi connectivity index (χ0n) is 14.3. The van der Waals surface area contributed by atoms with Crippen LogP contribution in [0.5, 0.6) is 11.5 Å². The number of urea groups is 1. The van der Waals surface area contributed by atoms with Crippen LogP contribution in [0.2, 0.25) is 0 Å². The first-order chi connectivity index (χ1) is 12.6. The minimum Gasteiger partial charge on any atom is -0.486 e. The number of nitrogens with zero attached hydrogens (tertiary/aromatic N) is 1. The van der Waals surface area contributed by atoms with Gasteiger partial charge in [0, 0.05) is 0 Å². The predicted molar refractivity (Wildman–Crippen MR) is 90.8 cm³/mol. The van der Waals surface area contributed by atoms with Crippen LogP contribution in [-0.2, 0) is 9.59 Å². The summed E-state index contributed by atoms with van der Waals surface area (Å²) in [5.74, 6) is 0.624. The number of benzene rings is 1. The van der Waals surface area contributed by atoms with E-state index in [1.165, 1.54) is 0 Å². The highest BCUT2D eigenvalue weighted by Crippen LogP contribution is 2.35. The molecule has 2 N–H and O–H groups in total. The monoisotopic (exact) mass is 359 g/mol. The molecule has 8 heteroatoms. The van der Waals surface area contributed by atoms with E-state index in [0.717, 1.165) is 17.7 Å². The highest BCUT2D eigenvalue weighted by atomic mass is 16.6. The molecule has 1 unspecified atom stereocenters. The lowest BCUT2D eigenvalue weighted by Gasteiger charge is -2.26. The molecule has 1 aromatic rings. The summed E-state index contributed by atoms with van der Waals surface area (Å²) in [7, 11) is 0. The van der Waals surface area contributed by atoms with Gasteiger partial charge in [0.05, 0.1) is 6.54 Å². The molecule has 1 aromatic carbocycles. The molecule has 8 nitrogen and oxygen atoms in total. The van der Waals surface area contributed by atoms with E-state index >= 15 is 0 Å². The van der Waals surface area contributed by atoms with E-state index in [1.807, 2.05) is 18.2 Å². The Labute approximate surface area is 150 Å². The van der Waals surface area contributed by atoms with Crippen molar-refractivity contribution in [1.29, 1.82) is 0 Å².